The molecule has 1 aromatic carbocycles. The highest BCUT2D eigenvalue weighted by Gasteiger charge is 2.42. The van der Waals surface area contributed by atoms with Crippen LogP contribution in [0.25, 0.3) is 11.5 Å². The number of oxazole rings is 1. The summed E-state index contributed by atoms with van der Waals surface area (Å²) in [5, 5.41) is 12.2. The summed E-state index contributed by atoms with van der Waals surface area (Å²) >= 11 is 1.69. The van der Waals surface area contributed by atoms with Gasteiger partial charge >= 0.3 is 5.97 Å². The first-order valence-electron chi connectivity index (χ1n) is 7.68. The topological polar surface area (TPSA) is 92.4 Å². The smallest absolute Gasteiger partial charge is 0.329 e. The van der Waals surface area contributed by atoms with E-state index in [2.05, 4.69) is 10.3 Å². The molecule has 0 atom stereocenters. The predicted octanol–water partition coefficient (Wildman–Crippen LogP) is 2.73. The van der Waals surface area contributed by atoms with Crippen LogP contribution in [-0.2, 0) is 4.79 Å². The molecule has 1 aliphatic heterocycles. The van der Waals surface area contributed by atoms with E-state index in [-0.39, 0.29) is 5.69 Å². The standard InChI is InChI=1S/C17H18N2O4S/c1-11-13(18-15(23-11)12-5-3-2-4-6-12)14(20)19-17(16(21)22)7-9-24-10-8-17/h2-6H,7-10H2,1H3,(H,19,20)(H,21,22). The first-order chi connectivity index (χ1) is 11.5. The highest BCUT2D eigenvalue weighted by molar-refractivity contribution is 7.99. The van der Waals surface area contributed by atoms with Gasteiger partial charge in [0.1, 0.15) is 11.3 Å². The lowest BCUT2D eigenvalue weighted by atomic mass is 9.92. The second-order valence-corrected chi connectivity index (χ2v) is 6.97. The van der Waals surface area contributed by atoms with Crippen molar-refractivity contribution in [2.75, 3.05) is 11.5 Å². The molecule has 0 bridgehead atoms. The van der Waals surface area contributed by atoms with Crippen molar-refractivity contribution in [1.29, 1.82) is 0 Å². The first-order valence-corrected chi connectivity index (χ1v) is 8.84. The number of hydrogen-bond donors (Lipinski definition) is 2. The molecule has 126 valence electrons. The maximum Gasteiger partial charge on any atom is 0.329 e. The van der Waals surface area contributed by atoms with Gasteiger partial charge in [-0.2, -0.15) is 11.8 Å². The quantitative estimate of drug-likeness (QED) is 0.884. The number of benzene rings is 1. The van der Waals surface area contributed by atoms with Crippen molar-refractivity contribution in [3.05, 3.63) is 41.8 Å². The highest BCUT2D eigenvalue weighted by atomic mass is 32.2. The molecule has 2 heterocycles. The summed E-state index contributed by atoms with van der Waals surface area (Å²) in [6.45, 7) is 1.65. The van der Waals surface area contributed by atoms with Crippen molar-refractivity contribution in [1.82, 2.24) is 10.3 Å². The minimum atomic E-state index is -1.22. The maximum atomic E-state index is 12.6. The average molecular weight is 346 g/mol. The molecule has 1 amide bonds. The number of nitrogens with zero attached hydrogens (tertiary/aromatic N) is 1. The number of hydrogen-bond acceptors (Lipinski definition) is 5. The summed E-state index contributed by atoms with van der Waals surface area (Å²) in [6.07, 6.45) is 0.808. The van der Waals surface area contributed by atoms with Crippen LogP contribution in [0.15, 0.2) is 34.7 Å². The third kappa shape index (κ3) is 3.17. The number of amides is 1. The lowest BCUT2D eigenvalue weighted by Gasteiger charge is -2.33. The largest absolute Gasteiger partial charge is 0.480 e. The summed E-state index contributed by atoms with van der Waals surface area (Å²) < 4.78 is 5.58. The van der Waals surface area contributed by atoms with Crippen LogP contribution in [0.5, 0.6) is 0 Å². The molecule has 1 aliphatic rings. The molecule has 7 heteroatoms. The van der Waals surface area contributed by atoms with Crippen molar-refractivity contribution >= 4 is 23.6 Å². The van der Waals surface area contributed by atoms with E-state index in [1.54, 1.807) is 18.7 Å². The number of aromatic nitrogens is 1. The fourth-order valence-electron chi connectivity index (χ4n) is 2.70. The van der Waals surface area contributed by atoms with Gasteiger partial charge in [-0.05, 0) is 43.4 Å². The SMILES string of the molecule is Cc1oc(-c2ccccc2)nc1C(=O)NC1(C(=O)O)CCSCC1. The average Bonchev–Trinajstić information content (AvgIpc) is 2.98. The van der Waals surface area contributed by atoms with E-state index in [4.69, 9.17) is 4.42 Å². The molecule has 6 nitrogen and oxygen atoms in total. The number of carbonyl (C=O) groups excluding carboxylic acids is 1. The molecule has 0 spiro atoms. The Morgan fingerprint density at radius 1 is 1.25 bits per heavy atom. The third-order valence-electron chi connectivity index (χ3n) is 4.14. The Kier molecular flexibility index (Phi) is 4.62. The van der Waals surface area contributed by atoms with Crippen molar-refractivity contribution in [3.8, 4) is 11.5 Å². The second kappa shape index (κ2) is 6.68. The van der Waals surface area contributed by atoms with E-state index >= 15 is 0 Å². The Balaban J connectivity index is 1.85. The number of nitrogens with one attached hydrogen (secondary N) is 1. The lowest BCUT2D eigenvalue weighted by molar-refractivity contribution is -0.144. The van der Waals surface area contributed by atoms with E-state index in [1.165, 1.54) is 0 Å². The molecule has 1 saturated heterocycles. The van der Waals surface area contributed by atoms with Crippen LogP contribution in [0, 0.1) is 6.92 Å². The number of carboxylic acid groups (broad SMARTS) is 1. The fraction of sp³-hybridized carbons (Fsp3) is 0.353. The molecule has 0 radical (unpaired) electrons. The van der Waals surface area contributed by atoms with E-state index in [0.29, 0.717) is 36.0 Å². The molecule has 2 N–H and O–H groups in total. The van der Waals surface area contributed by atoms with Crippen molar-refractivity contribution in [2.45, 2.75) is 25.3 Å². The number of rotatable bonds is 4. The Bertz CT molecular complexity index is 751. The summed E-state index contributed by atoms with van der Waals surface area (Å²) in [5.74, 6) is 0.631. The first kappa shape index (κ1) is 16.6. The molecule has 0 aliphatic carbocycles. The molecule has 0 saturated carbocycles. The van der Waals surface area contributed by atoms with Crippen molar-refractivity contribution in [3.63, 3.8) is 0 Å². The van der Waals surface area contributed by atoms with Crippen LogP contribution in [-0.4, -0.2) is 39.0 Å². The van der Waals surface area contributed by atoms with Gasteiger partial charge in [-0.3, -0.25) is 4.79 Å². The van der Waals surface area contributed by atoms with Gasteiger partial charge in [-0.15, -0.1) is 0 Å². The zero-order valence-corrected chi connectivity index (χ0v) is 14.1. The van der Waals surface area contributed by atoms with Gasteiger partial charge in [0.2, 0.25) is 5.89 Å². The molecular weight excluding hydrogens is 328 g/mol. The summed E-state index contributed by atoms with van der Waals surface area (Å²) in [7, 11) is 0. The Morgan fingerprint density at radius 3 is 2.54 bits per heavy atom. The second-order valence-electron chi connectivity index (χ2n) is 5.74. The molecular formula is C17H18N2O4S. The molecule has 2 aromatic rings. The number of aliphatic carboxylic acids is 1. The third-order valence-corrected chi connectivity index (χ3v) is 5.13. The molecule has 24 heavy (non-hydrogen) atoms. The maximum absolute atomic E-state index is 12.6. The van der Waals surface area contributed by atoms with Crippen LogP contribution in [0.4, 0.5) is 0 Å². The normalized spacial score (nSPS) is 16.5. The Hall–Kier alpha value is -2.28. The van der Waals surface area contributed by atoms with Crippen LogP contribution in [0.1, 0.15) is 29.1 Å². The number of carboxylic acids is 1. The minimum absolute atomic E-state index is 0.132. The molecule has 1 fully saturated rings. The van der Waals surface area contributed by atoms with Gasteiger partial charge in [0, 0.05) is 5.56 Å². The number of aryl methyl sites for hydroxylation is 1. The van der Waals surface area contributed by atoms with Gasteiger partial charge < -0.3 is 14.8 Å². The van der Waals surface area contributed by atoms with Gasteiger partial charge in [0.25, 0.3) is 5.91 Å². The van der Waals surface area contributed by atoms with Gasteiger partial charge in [-0.1, -0.05) is 18.2 Å². The molecule has 1 aromatic heterocycles. The number of carbonyl (C=O) groups is 2. The van der Waals surface area contributed by atoms with Crippen LogP contribution in [0.3, 0.4) is 0 Å². The van der Waals surface area contributed by atoms with Gasteiger partial charge in [0.05, 0.1) is 0 Å². The fourth-order valence-corrected chi connectivity index (χ4v) is 3.89. The number of thioether (sulfide) groups is 1. The predicted molar refractivity (Wildman–Crippen MR) is 91.1 cm³/mol. The monoisotopic (exact) mass is 346 g/mol. The van der Waals surface area contributed by atoms with E-state index in [1.807, 2.05) is 30.3 Å². The summed E-state index contributed by atoms with van der Waals surface area (Å²) in [4.78, 5) is 28.5. The van der Waals surface area contributed by atoms with Crippen LogP contribution in [0.2, 0.25) is 0 Å². The zero-order valence-electron chi connectivity index (χ0n) is 13.2. The van der Waals surface area contributed by atoms with E-state index < -0.39 is 17.4 Å². The Morgan fingerprint density at radius 2 is 1.92 bits per heavy atom. The van der Waals surface area contributed by atoms with Crippen molar-refractivity contribution in [2.24, 2.45) is 0 Å². The molecule has 3 rings (SSSR count). The van der Waals surface area contributed by atoms with Crippen LogP contribution >= 0.6 is 11.8 Å². The van der Waals surface area contributed by atoms with Gasteiger partial charge in [-0.25, -0.2) is 9.78 Å². The minimum Gasteiger partial charge on any atom is -0.480 e. The summed E-state index contributed by atoms with van der Waals surface area (Å²) in [6, 6.07) is 9.26. The summed E-state index contributed by atoms with van der Waals surface area (Å²) in [5.41, 5.74) is -0.324. The zero-order chi connectivity index (χ0) is 17.2. The highest BCUT2D eigenvalue weighted by Crippen LogP contribution is 2.28. The Labute approximate surface area is 143 Å². The van der Waals surface area contributed by atoms with Gasteiger partial charge in [0.15, 0.2) is 5.69 Å². The van der Waals surface area contributed by atoms with E-state index in [0.717, 1.165) is 5.56 Å². The van der Waals surface area contributed by atoms with Crippen molar-refractivity contribution < 1.29 is 19.1 Å². The van der Waals surface area contributed by atoms with E-state index in [9.17, 15) is 14.7 Å². The lowest BCUT2D eigenvalue weighted by Crippen LogP contribution is -2.56. The molecule has 0 unspecified atom stereocenters. The van der Waals surface area contributed by atoms with Crippen LogP contribution < -0.4 is 5.32 Å².